The molecule has 1 aromatic carbocycles. The van der Waals surface area contributed by atoms with E-state index in [9.17, 15) is 0 Å². The van der Waals surface area contributed by atoms with Crippen molar-refractivity contribution in [1.29, 1.82) is 0 Å². The highest BCUT2D eigenvalue weighted by atomic mass is 16.5. The van der Waals surface area contributed by atoms with Crippen LogP contribution in [0.3, 0.4) is 0 Å². The van der Waals surface area contributed by atoms with E-state index in [4.69, 9.17) is 19.8 Å². The van der Waals surface area contributed by atoms with Crippen LogP contribution in [0.15, 0.2) is 46.5 Å². The van der Waals surface area contributed by atoms with E-state index in [0.717, 1.165) is 52.7 Å². The van der Waals surface area contributed by atoms with Crippen LogP contribution in [0.1, 0.15) is 70.6 Å². The van der Waals surface area contributed by atoms with Crippen molar-refractivity contribution in [2.24, 2.45) is 15.5 Å². The number of aliphatic imine (C=N–C) groups is 1. The summed E-state index contributed by atoms with van der Waals surface area (Å²) < 4.78 is 7.07. The molecule has 0 fully saturated rings. The van der Waals surface area contributed by atoms with Gasteiger partial charge >= 0.3 is 0 Å². The maximum absolute atomic E-state index is 5.28. The molecular formula is C26H32N6O. The molecule has 0 amide bonds. The number of fused-ring (bicyclic) bond motifs is 1. The number of rotatable bonds is 6. The minimum atomic E-state index is -0.215. The molecule has 0 unspecified atom stereocenters. The van der Waals surface area contributed by atoms with Crippen LogP contribution in [0.25, 0.3) is 11.4 Å². The molecule has 0 aliphatic carbocycles. The van der Waals surface area contributed by atoms with Gasteiger partial charge in [0.1, 0.15) is 11.5 Å². The molecule has 0 saturated carbocycles. The highest BCUT2D eigenvalue weighted by Crippen LogP contribution is 2.32. The third-order valence-electron chi connectivity index (χ3n) is 6.05. The topological polar surface area (TPSA) is 77.5 Å². The number of aromatic nitrogens is 4. The molecule has 172 valence electrons. The smallest absolute Gasteiger partial charge is 0.205 e. The fourth-order valence-corrected chi connectivity index (χ4v) is 4.05. The van der Waals surface area contributed by atoms with Gasteiger partial charge < -0.3 is 4.74 Å². The zero-order valence-electron chi connectivity index (χ0n) is 20.5. The van der Waals surface area contributed by atoms with Crippen LogP contribution >= 0.6 is 0 Å². The van der Waals surface area contributed by atoms with Crippen molar-refractivity contribution in [2.75, 3.05) is 7.11 Å². The number of pyridine rings is 1. The Labute approximate surface area is 195 Å². The molecule has 1 aliphatic heterocycles. The van der Waals surface area contributed by atoms with Gasteiger partial charge in [-0.05, 0) is 56.2 Å². The summed E-state index contributed by atoms with van der Waals surface area (Å²) in [7, 11) is 1.65. The van der Waals surface area contributed by atoms with Crippen molar-refractivity contribution in [3.05, 3.63) is 53.6 Å². The van der Waals surface area contributed by atoms with Crippen molar-refractivity contribution in [3.63, 3.8) is 0 Å². The predicted molar refractivity (Wildman–Crippen MR) is 133 cm³/mol. The second-order valence-electron chi connectivity index (χ2n) is 9.40. The molecule has 3 aromatic rings. The lowest BCUT2D eigenvalue weighted by Crippen LogP contribution is -2.27. The van der Waals surface area contributed by atoms with E-state index in [0.29, 0.717) is 17.6 Å². The summed E-state index contributed by atoms with van der Waals surface area (Å²) in [5, 5.41) is 13.8. The standard InChI is InChI=1S/C26H32N6O/c1-8-17(9-2)21-15-14-20(16(3)27-21)28-22-23(26(4,5)6)31-32-24(29-30-25(22)32)18-10-12-19(33-7)13-11-18/h10-15,17H,8-9H2,1-7H3. The Morgan fingerprint density at radius 2 is 1.64 bits per heavy atom. The number of hydrogen-bond acceptors (Lipinski definition) is 6. The number of ether oxygens (including phenoxy) is 1. The number of hydrogen-bond donors (Lipinski definition) is 0. The van der Waals surface area contributed by atoms with E-state index in [1.165, 1.54) is 0 Å². The van der Waals surface area contributed by atoms with Crippen molar-refractivity contribution < 1.29 is 4.74 Å². The second-order valence-corrected chi connectivity index (χ2v) is 9.40. The summed E-state index contributed by atoms with van der Waals surface area (Å²) in [6.45, 7) is 12.8. The summed E-state index contributed by atoms with van der Waals surface area (Å²) in [4.78, 5) is 9.88. The quantitative estimate of drug-likeness (QED) is 0.471. The molecular weight excluding hydrogens is 412 g/mol. The first-order valence-corrected chi connectivity index (χ1v) is 11.5. The van der Waals surface area contributed by atoms with Gasteiger partial charge in [-0.25, -0.2) is 4.99 Å². The molecule has 1 aliphatic rings. The largest absolute Gasteiger partial charge is 0.497 e. The van der Waals surface area contributed by atoms with Crippen molar-refractivity contribution >= 4 is 17.1 Å². The third-order valence-corrected chi connectivity index (χ3v) is 6.05. The van der Waals surface area contributed by atoms with Crippen LogP contribution < -0.4 is 4.74 Å². The summed E-state index contributed by atoms with van der Waals surface area (Å²) in [5.41, 5.74) is 5.20. The van der Waals surface area contributed by atoms with E-state index in [1.807, 2.05) is 31.2 Å². The normalized spacial score (nSPS) is 14.7. The van der Waals surface area contributed by atoms with Gasteiger partial charge in [-0.1, -0.05) is 34.6 Å². The van der Waals surface area contributed by atoms with Gasteiger partial charge in [0.05, 0.1) is 24.2 Å². The number of benzene rings is 1. The van der Waals surface area contributed by atoms with Crippen LogP contribution in [0, 0.1) is 12.3 Å². The third kappa shape index (κ3) is 4.32. The Bertz CT molecular complexity index is 1210. The number of nitrogens with zero attached hydrogens (tertiary/aromatic N) is 6. The SMILES string of the molecule is CCC(CC)c1ccc(N=C2C(C(C)(C)C)=Nn3c2nnc3-c2ccc(OC)cc2)c(C)n1. The lowest BCUT2D eigenvalue weighted by atomic mass is 9.87. The first-order valence-electron chi connectivity index (χ1n) is 11.5. The van der Waals surface area contributed by atoms with Gasteiger partial charge in [0.15, 0.2) is 5.82 Å². The molecule has 3 heterocycles. The second kappa shape index (κ2) is 8.89. The molecule has 0 spiro atoms. The van der Waals surface area contributed by atoms with Crippen LogP contribution in [0.2, 0.25) is 0 Å². The van der Waals surface area contributed by atoms with E-state index < -0.39 is 0 Å². The van der Waals surface area contributed by atoms with Crippen LogP contribution in [0.5, 0.6) is 5.75 Å². The van der Waals surface area contributed by atoms with E-state index in [2.05, 4.69) is 56.9 Å². The van der Waals surface area contributed by atoms with Gasteiger partial charge in [0, 0.05) is 22.6 Å². The Hall–Kier alpha value is -3.35. The highest BCUT2D eigenvalue weighted by molar-refractivity contribution is 6.50. The molecule has 7 nitrogen and oxygen atoms in total. The van der Waals surface area contributed by atoms with Crippen molar-refractivity contribution in [3.8, 4) is 17.1 Å². The Morgan fingerprint density at radius 3 is 2.21 bits per heavy atom. The minimum absolute atomic E-state index is 0.215. The van der Waals surface area contributed by atoms with Gasteiger partial charge in [-0.3, -0.25) is 4.98 Å². The van der Waals surface area contributed by atoms with Crippen LogP contribution in [-0.4, -0.2) is 38.4 Å². The fourth-order valence-electron chi connectivity index (χ4n) is 4.05. The van der Waals surface area contributed by atoms with Crippen LogP contribution in [-0.2, 0) is 0 Å². The van der Waals surface area contributed by atoms with Gasteiger partial charge in [0.25, 0.3) is 0 Å². The first kappa shape index (κ1) is 22.8. The predicted octanol–water partition coefficient (Wildman–Crippen LogP) is 5.95. The summed E-state index contributed by atoms with van der Waals surface area (Å²) in [6, 6.07) is 11.9. The Balaban J connectivity index is 1.79. The zero-order chi connectivity index (χ0) is 23.8. The summed E-state index contributed by atoms with van der Waals surface area (Å²) in [5.74, 6) is 2.59. The zero-order valence-corrected chi connectivity index (χ0v) is 20.5. The van der Waals surface area contributed by atoms with Crippen molar-refractivity contribution in [1.82, 2.24) is 19.9 Å². The molecule has 2 aromatic heterocycles. The van der Waals surface area contributed by atoms with E-state index in [-0.39, 0.29) is 5.41 Å². The van der Waals surface area contributed by atoms with Gasteiger partial charge in [0.2, 0.25) is 5.82 Å². The molecule has 0 radical (unpaired) electrons. The van der Waals surface area contributed by atoms with E-state index in [1.54, 1.807) is 11.8 Å². The monoisotopic (exact) mass is 444 g/mol. The maximum Gasteiger partial charge on any atom is 0.205 e. The Morgan fingerprint density at radius 1 is 0.970 bits per heavy atom. The summed E-state index contributed by atoms with van der Waals surface area (Å²) in [6.07, 6.45) is 2.16. The van der Waals surface area contributed by atoms with Gasteiger partial charge in [-0.15, -0.1) is 10.2 Å². The van der Waals surface area contributed by atoms with E-state index >= 15 is 0 Å². The maximum atomic E-state index is 5.28. The molecule has 7 heteroatoms. The lowest BCUT2D eigenvalue weighted by Gasteiger charge is -2.18. The first-order chi connectivity index (χ1) is 15.8. The molecule has 0 atom stereocenters. The summed E-state index contributed by atoms with van der Waals surface area (Å²) >= 11 is 0. The number of methoxy groups -OCH3 is 1. The lowest BCUT2D eigenvalue weighted by molar-refractivity contribution is 0.415. The highest BCUT2D eigenvalue weighted by Gasteiger charge is 2.35. The molecule has 0 bridgehead atoms. The van der Waals surface area contributed by atoms with Gasteiger partial charge in [-0.2, -0.15) is 9.78 Å². The number of aryl methyl sites for hydroxylation is 1. The molecule has 4 rings (SSSR count). The molecule has 33 heavy (non-hydrogen) atoms. The fraction of sp³-hybridized carbons (Fsp3) is 0.423. The average molecular weight is 445 g/mol. The van der Waals surface area contributed by atoms with Crippen molar-refractivity contribution in [2.45, 2.75) is 60.3 Å². The Kier molecular flexibility index (Phi) is 6.15. The average Bonchev–Trinajstić information content (AvgIpc) is 3.36. The molecule has 0 saturated heterocycles. The minimum Gasteiger partial charge on any atom is -0.497 e. The van der Waals surface area contributed by atoms with Crippen LogP contribution in [0.4, 0.5) is 5.69 Å². The molecule has 0 N–H and O–H groups in total.